The van der Waals surface area contributed by atoms with E-state index < -0.39 is 10.0 Å². The molecule has 0 radical (unpaired) electrons. The Balaban J connectivity index is 1.70. The summed E-state index contributed by atoms with van der Waals surface area (Å²) in [4.78, 5) is 6.85. The Morgan fingerprint density at radius 1 is 1.12 bits per heavy atom. The predicted octanol–water partition coefficient (Wildman–Crippen LogP) is 3.81. The number of rotatable bonds is 5. The highest BCUT2D eigenvalue weighted by Gasteiger charge is 2.23. The minimum atomic E-state index is -3.84. The van der Waals surface area contributed by atoms with E-state index in [-0.39, 0.29) is 11.1 Å². The second kappa shape index (κ2) is 7.37. The Morgan fingerprint density at radius 3 is 2.66 bits per heavy atom. The normalized spacial score (nSPS) is 13.8. The molecule has 0 spiro atoms. The van der Waals surface area contributed by atoms with Crippen LogP contribution in [0.2, 0.25) is 0 Å². The van der Waals surface area contributed by atoms with Crippen molar-refractivity contribution < 1.29 is 8.42 Å². The lowest BCUT2D eigenvalue weighted by atomic mass is 10.0. The van der Waals surface area contributed by atoms with Crippen molar-refractivity contribution in [1.82, 2.24) is 19.3 Å². The minimum absolute atomic E-state index is 0.0195. The first kappa shape index (κ1) is 20.6. The number of benzene rings is 1. The molecule has 0 unspecified atom stereocenters. The van der Waals surface area contributed by atoms with Gasteiger partial charge in [-0.2, -0.15) is 13.5 Å². The van der Waals surface area contributed by atoms with Crippen molar-refractivity contribution in [3.05, 3.63) is 54.5 Å². The Hall–Kier alpha value is -3.33. The van der Waals surface area contributed by atoms with Crippen molar-refractivity contribution >= 4 is 32.4 Å². The summed E-state index contributed by atoms with van der Waals surface area (Å²) in [5.41, 5.74) is 5.76. The summed E-state index contributed by atoms with van der Waals surface area (Å²) in [7, 11) is -0.0514. The second-order valence-electron chi connectivity index (χ2n) is 8.55. The average Bonchev–Trinajstić information content (AvgIpc) is 3.45. The van der Waals surface area contributed by atoms with Crippen LogP contribution in [0, 0.1) is 0 Å². The number of nitrogens with one attached hydrogen (secondary N) is 1. The van der Waals surface area contributed by atoms with Gasteiger partial charge < -0.3 is 9.47 Å². The molecule has 0 aliphatic carbocycles. The smallest absolute Gasteiger partial charge is 0.281 e. The number of aryl methyl sites for hydroxylation is 1. The van der Waals surface area contributed by atoms with Crippen molar-refractivity contribution in [2.75, 3.05) is 23.2 Å². The van der Waals surface area contributed by atoms with Crippen LogP contribution in [0.4, 0.5) is 11.4 Å². The van der Waals surface area contributed by atoms with Gasteiger partial charge in [-0.3, -0.25) is 9.40 Å². The monoisotopic (exact) mass is 450 g/mol. The van der Waals surface area contributed by atoms with E-state index in [0.717, 1.165) is 35.1 Å². The lowest BCUT2D eigenvalue weighted by Crippen LogP contribution is -2.14. The first-order chi connectivity index (χ1) is 15.2. The van der Waals surface area contributed by atoms with Crippen LogP contribution < -0.4 is 9.62 Å². The fraction of sp³-hybridized carbons (Fsp3) is 0.304. The molecule has 0 bridgehead atoms. The Morgan fingerprint density at radius 2 is 1.94 bits per heavy atom. The molecule has 166 valence electrons. The number of likely N-dealkylation sites (N-methyl/N-ethyl adjacent to an activating group) is 1. The molecule has 1 aromatic carbocycles. The predicted molar refractivity (Wildman–Crippen MR) is 127 cm³/mol. The van der Waals surface area contributed by atoms with E-state index >= 15 is 0 Å². The van der Waals surface area contributed by atoms with Crippen LogP contribution in [-0.4, -0.2) is 41.3 Å². The molecule has 0 amide bonds. The average molecular weight is 451 g/mol. The van der Waals surface area contributed by atoms with Crippen LogP contribution in [-0.2, 0) is 23.5 Å². The van der Waals surface area contributed by atoms with Gasteiger partial charge in [0, 0.05) is 56.5 Å². The van der Waals surface area contributed by atoms with E-state index in [0.29, 0.717) is 5.69 Å². The van der Waals surface area contributed by atoms with E-state index in [2.05, 4.69) is 69.6 Å². The molecule has 3 aromatic heterocycles. The van der Waals surface area contributed by atoms with Crippen molar-refractivity contribution in [1.29, 1.82) is 0 Å². The highest BCUT2D eigenvalue weighted by Crippen LogP contribution is 2.39. The Kier molecular flexibility index (Phi) is 4.74. The van der Waals surface area contributed by atoms with Gasteiger partial charge in [-0.05, 0) is 49.6 Å². The van der Waals surface area contributed by atoms with E-state index in [4.69, 9.17) is 0 Å². The van der Waals surface area contributed by atoms with Crippen LogP contribution in [0.5, 0.6) is 0 Å². The molecule has 5 rings (SSSR count). The molecule has 0 atom stereocenters. The molecular formula is C23H26N6O2S. The highest BCUT2D eigenvalue weighted by atomic mass is 32.2. The summed E-state index contributed by atoms with van der Waals surface area (Å²) in [5.74, 6) is 0. The summed E-state index contributed by atoms with van der Waals surface area (Å²) in [6.45, 7) is 5.18. The first-order valence-corrected chi connectivity index (χ1v) is 12.1. The van der Waals surface area contributed by atoms with Crippen molar-refractivity contribution in [2.24, 2.45) is 7.05 Å². The topological polar surface area (TPSA) is 85.0 Å². The molecule has 1 N–H and O–H groups in total. The van der Waals surface area contributed by atoms with Gasteiger partial charge in [-0.1, -0.05) is 12.1 Å². The van der Waals surface area contributed by atoms with Gasteiger partial charge in [-0.25, -0.2) is 4.98 Å². The molecule has 0 saturated heterocycles. The largest absolute Gasteiger partial charge is 0.374 e. The van der Waals surface area contributed by atoms with E-state index in [1.807, 2.05) is 0 Å². The third kappa shape index (κ3) is 3.33. The van der Waals surface area contributed by atoms with Crippen LogP contribution >= 0.6 is 0 Å². The minimum Gasteiger partial charge on any atom is -0.374 e. The van der Waals surface area contributed by atoms with Crippen LogP contribution in [0.1, 0.15) is 25.5 Å². The molecule has 9 heteroatoms. The maximum Gasteiger partial charge on any atom is 0.281 e. The molecule has 0 saturated carbocycles. The van der Waals surface area contributed by atoms with Gasteiger partial charge in [0.1, 0.15) is 5.65 Å². The standard InChI is InChI=1S/C23H26N6O2S/c1-15(2)29-14-18(17-6-5-16-8-11-27(3)20(16)13-17)22-19(7-10-24-23(22)29)26-32(30,31)21-9-12-28(4)25-21/h5-7,9-10,12-15H,8,11H2,1-4H3,(H,24,26). The quantitative estimate of drug-likeness (QED) is 0.500. The molecule has 4 heterocycles. The van der Waals surface area contributed by atoms with Crippen molar-refractivity contribution in [3.8, 4) is 11.1 Å². The number of hydrogen-bond acceptors (Lipinski definition) is 5. The van der Waals surface area contributed by atoms with Gasteiger partial charge >= 0.3 is 0 Å². The molecule has 0 fully saturated rings. The third-order valence-electron chi connectivity index (χ3n) is 6.00. The zero-order valence-corrected chi connectivity index (χ0v) is 19.4. The molecule has 4 aromatic rings. The zero-order valence-electron chi connectivity index (χ0n) is 18.6. The number of pyridine rings is 1. The van der Waals surface area contributed by atoms with Crippen LogP contribution in [0.25, 0.3) is 22.2 Å². The lowest BCUT2D eigenvalue weighted by molar-refractivity contribution is 0.593. The number of fused-ring (bicyclic) bond motifs is 2. The Bertz CT molecular complexity index is 1430. The second-order valence-corrected chi connectivity index (χ2v) is 10.2. The summed E-state index contributed by atoms with van der Waals surface area (Å²) >= 11 is 0. The van der Waals surface area contributed by atoms with E-state index in [1.165, 1.54) is 22.0 Å². The maximum atomic E-state index is 13.0. The number of hydrogen-bond donors (Lipinski definition) is 1. The number of sulfonamides is 1. The first-order valence-electron chi connectivity index (χ1n) is 10.6. The number of anilines is 2. The van der Waals surface area contributed by atoms with Crippen LogP contribution in [0.15, 0.2) is 53.9 Å². The summed E-state index contributed by atoms with van der Waals surface area (Å²) in [6, 6.07) is 9.82. The van der Waals surface area contributed by atoms with Gasteiger partial charge in [0.2, 0.25) is 0 Å². The maximum absolute atomic E-state index is 13.0. The zero-order chi connectivity index (χ0) is 22.6. The Labute approximate surface area is 187 Å². The molecular weight excluding hydrogens is 424 g/mol. The van der Waals surface area contributed by atoms with Crippen molar-refractivity contribution in [3.63, 3.8) is 0 Å². The molecule has 8 nitrogen and oxygen atoms in total. The highest BCUT2D eigenvalue weighted by molar-refractivity contribution is 7.92. The fourth-order valence-corrected chi connectivity index (χ4v) is 5.36. The van der Waals surface area contributed by atoms with Gasteiger partial charge in [0.25, 0.3) is 10.0 Å². The lowest BCUT2D eigenvalue weighted by Gasteiger charge is -2.13. The van der Waals surface area contributed by atoms with Crippen molar-refractivity contribution in [2.45, 2.75) is 31.3 Å². The molecule has 32 heavy (non-hydrogen) atoms. The van der Waals surface area contributed by atoms with Gasteiger partial charge in [0.15, 0.2) is 5.03 Å². The molecule has 1 aliphatic heterocycles. The van der Waals surface area contributed by atoms with E-state index in [9.17, 15) is 8.42 Å². The third-order valence-corrected chi connectivity index (χ3v) is 7.26. The van der Waals surface area contributed by atoms with Crippen LogP contribution in [0.3, 0.4) is 0 Å². The van der Waals surface area contributed by atoms with Gasteiger partial charge in [-0.15, -0.1) is 0 Å². The van der Waals surface area contributed by atoms with Gasteiger partial charge in [0.05, 0.1) is 11.1 Å². The fourth-order valence-electron chi connectivity index (χ4n) is 4.32. The molecule has 1 aliphatic rings. The van der Waals surface area contributed by atoms with E-state index in [1.54, 1.807) is 25.5 Å². The SMILES string of the molecule is CC(C)n1cc(-c2ccc3c(c2)N(C)CC3)c2c(NS(=O)(=O)c3ccn(C)n3)ccnc21. The number of nitrogens with zero attached hydrogens (tertiary/aromatic N) is 5. The summed E-state index contributed by atoms with van der Waals surface area (Å²) in [6.07, 6.45) is 6.35. The summed E-state index contributed by atoms with van der Waals surface area (Å²) < 4.78 is 32.3. The summed E-state index contributed by atoms with van der Waals surface area (Å²) in [5, 5.41) is 4.82. The number of aromatic nitrogens is 4.